The lowest BCUT2D eigenvalue weighted by Gasteiger charge is -2.03. The molecule has 0 fully saturated rings. The predicted octanol–water partition coefficient (Wildman–Crippen LogP) is 2.49. The first-order chi connectivity index (χ1) is 6.74. The van der Waals surface area contributed by atoms with Crippen LogP contribution in [0.4, 0.5) is 4.39 Å². The molecule has 0 radical (unpaired) electrons. The van der Waals surface area contributed by atoms with Crippen molar-refractivity contribution in [1.82, 2.24) is 4.98 Å². The van der Waals surface area contributed by atoms with Gasteiger partial charge in [0.15, 0.2) is 6.29 Å². The summed E-state index contributed by atoms with van der Waals surface area (Å²) in [6, 6.07) is 4.73. The maximum absolute atomic E-state index is 13.3. The molecule has 1 aromatic heterocycles. The number of rotatable bonds is 1. The molecule has 1 heterocycles. The minimum atomic E-state index is -0.358. The molecule has 0 aliphatic rings. The molecule has 1 aromatic carbocycles. The van der Waals surface area contributed by atoms with Gasteiger partial charge in [0.05, 0.1) is 0 Å². The topological polar surface area (TPSA) is 30.0 Å². The van der Waals surface area contributed by atoms with Gasteiger partial charge in [-0.3, -0.25) is 9.78 Å². The van der Waals surface area contributed by atoms with Crippen LogP contribution in [0, 0.1) is 12.7 Å². The normalized spacial score (nSPS) is 10.4. The molecule has 0 amide bonds. The molecule has 0 spiro atoms. The van der Waals surface area contributed by atoms with E-state index >= 15 is 0 Å². The van der Waals surface area contributed by atoms with Crippen molar-refractivity contribution in [3.63, 3.8) is 0 Å². The zero-order valence-electron chi connectivity index (χ0n) is 7.62. The number of benzene rings is 1. The van der Waals surface area contributed by atoms with Gasteiger partial charge < -0.3 is 0 Å². The fourth-order valence-corrected chi connectivity index (χ4v) is 1.45. The first-order valence-corrected chi connectivity index (χ1v) is 4.23. The Kier molecular flexibility index (Phi) is 2.00. The lowest BCUT2D eigenvalue weighted by Crippen LogP contribution is -1.92. The van der Waals surface area contributed by atoms with Crippen molar-refractivity contribution < 1.29 is 9.18 Å². The quantitative estimate of drug-likeness (QED) is 0.645. The monoisotopic (exact) mass is 189 g/mol. The van der Waals surface area contributed by atoms with Crippen molar-refractivity contribution in [3.05, 3.63) is 41.3 Å². The number of carbonyl (C=O) groups excluding carboxylic acids is 1. The van der Waals surface area contributed by atoms with E-state index in [0.717, 1.165) is 11.8 Å². The lowest BCUT2D eigenvalue weighted by molar-refractivity contribution is 0.112. The van der Waals surface area contributed by atoms with E-state index in [4.69, 9.17) is 0 Å². The smallest absolute Gasteiger partial charge is 0.151 e. The van der Waals surface area contributed by atoms with Gasteiger partial charge in [-0.2, -0.15) is 0 Å². The lowest BCUT2D eigenvalue weighted by atomic mass is 10.1. The Hall–Kier alpha value is -1.77. The van der Waals surface area contributed by atoms with Crippen molar-refractivity contribution in [2.24, 2.45) is 0 Å². The number of nitrogens with zero attached hydrogens (tertiary/aromatic N) is 1. The zero-order chi connectivity index (χ0) is 10.1. The van der Waals surface area contributed by atoms with E-state index in [1.165, 1.54) is 12.3 Å². The number of aldehydes is 1. The van der Waals surface area contributed by atoms with Crippen LogP contribution in [0.2, 0.25) is 0 Å². The summed E-state index contributed by atoms with van der Waals surface area (Å²) in [5.41, 5.74) is 1.59. The Morgan fingerprint density at radius 3 is 2.93 bits per heavy atom. The van der Waals surface area contributed by atoms with Gasteiger partial charge in [-0.25, -0.2) is 4.39 Å². The van der Waals surface area contributed by atoms with Crippen LogP contribution in [-0.4, -0.2) is 11.3 Å². The van der Waals surface area contributed by atoms with Crippen molar-refractivity contribution in [3.8, 4) is 0 Å². The van der Waals surface area contributed by atoms with Gasteiger partial charge in [-0.1, -0.05) is 12.1 Å². The third kappa shape index (κ3) is 1.18. The Labute approximate surface area is 80.4 Å². The molecule has 0 aliphatic carbocycles. The molecule has 70 valence electrons. The maximum Gasteiger partial charge on any atom is 0.151 e. The summed E-state index contributed by atoms with van der Waals surface area (Å²) in [6.45, 7) is 1.78. The Morgan fingerprint density at radius 2 is 2.21 bits per heavy atom. The fraction of sp³-hybridized carbons (Fsp3) is 0.0909. The van der Waals surface area contributed by atoms with Crippen LogP contribution >= 0.6 is 0 Å². The summed E-state index contributed by atoms with van der Waals surface area (Å²) in [4.78, 5) is 14.5. The van der Waals surface area contributed by atoms with E-state index in [1.54, 1.807) is 19.1 Å². The van der Waals surface area contributed by atoms with Crippen LogP contribution in [0.3, 0.4) is 0 Å². The minimum absolute atomic E-state index is 0.315. The molecule has 3 heteroatoms. The highest BCUT2D eigenvalue weighted by molar-refractivity contribution is 5.90. The second kappa shape index (κ2) is 3.18. The summed E-state index contributed by atoms with van der Waals surface area (Å²) in [5.74, 6) is -0.358. The van der Waals surface area contributed by atoms with E-state index in [-0.39, 0.29) is 5.82 Å². The summed E-state index contributed by atoms with van der Waals surface area (Å²) in [5, 5.41) is 0.689. The van der Waals surface area contributed by atoms with Gasteiger partial charge >= 0.3 is 0 Å². The molecule has 0 N–H and O–H groups in total. The van der Waals surface area contributed by atoms with Crippen LogP contribution < -0.4 is 0 Å². The van der Waals surface area contributed by atoms with E-state index in [9.17, 15) is 9.18 Å². The first-order valence-electron chi connectivity index (χ1n) is 4.23. The molecule has 2 rings (SSSR count). The van der Waals surface area contributed by atoms with Crippen molar-refractivity contribution in [2.75, 3.05) is 0 Å². The number of para-hydroxylation sites is 1. The van der Waals surface area contributed by atoms with Gasteiger partial charge in [-0.15, -0.1) is 0 Å². The highest BCUT2D eigenvalue weighted by Crippen LogP contribution is 2.20. The van der Waals surface area contributed by atoms with Crippen molar-refractivity contribution in [2.45, 2.75) is 6.92 Å². The Bertz CT molecular complexity index is 508. The van der Waals surface area contributed by atoms with Crippen LogP contribution in [-0.2, 0) is 0 Å². The summed E-state index contributed by atoms with van der Waals surface area (Å²) >= 11 is 0. The fourth-order valence-electron chi connectivity index (χ4n) is 1.45. The second-order valence-electron chi connectivity index (χ2n) is 3.09. The van der Waals surface area contributed by atoms with E-state index in [1.807, 2.05) is 0 Å². The molecule has 0 saturated carbocycles. The van der Waals surface area contributed by atoms with Gasteiger partial charge in [0.1, 0.15) is 11.3 Å². The zero-order valence-corrected chi connectivity index (χ0v) is 7.62. The molecule has 0 aliphatic heterocycles. The van der Waals surface area contributed by atoms with Crippen LogP contribution in [0.1, 0.15) is 15.9 Å². The molecule has 14 heavy (non-hydrogen) atoms. The standard InChI is InChI=1S/C11H8FNO/c1-7-8(6-14)5-13-11-9(7)3-2-4-10(11)12/h2-6H,1H3. The minimum Gasteiger partial charge on any atom is -0.298 e. The molecule has 0 saturated heterocycles. The van der Waals surface area contributed by atoms with Crippen LogP contribution in [0.25, 0.3) is 10.9 Å². The van der Waals surface area contributed by atoms with E-state index < -0.39 is 0 Å². The second-order valence-corrected chi connectivity index (χ2v) is 3.09. The third-order valence-electron chi connectivity index (χ3n) is 2.28. The van der Waals surface area contributed by atoms with Crippen LogP contribution in [0.5, 0.6) is 0 Å². The molecule has 0 atom stereocenters. The maximum atomic E-state index is 13.3. The molecule has 0 bridgehead atoms. The van der Waals surface area contributed by atoms with Gasteiger partial charge in [0.25, 0.3) is 0 Å². The number of aromatic nitrogens is 1. The average Bonchev–Trinajstić information content (AvgIpc) is 2.20. The SMILES string of the molecule is Cc1c(C=O)cnc2c(F)cccc12. The van der Waals surface area contributed by atoms with E-state index in [0.29, 0.717) is 16.5 Å². The van der Waals surface area contributed by atoms with Crippen LogP contribution in [0.15, 0.2) is 24.4 Å². The van der Waals surface area contributed by atoms with Gasteiger partial charge in [0.2, 0.25) is 0 Å². The number of carbonyl (C=O) groups is 1. The van der Waals surface area contributed by atoms with Gasteiger partial charge in [0, 0.05) is 17.1 Å². The number of aryl methyl sites for hydroxylation is 1. The molecular formula is C11H8FNO. The number of halogens is 1. The third-order valence-corrected chi connectivity index (χ3v) is 2.28. The highest BCUT2D eigenvalue weighted by atomic mass is 19.1. The first kappa shape index (κ1) is 8.81. The largest absolute Gasteiger partial charge is 0.298 e. The number of hydrogen-bond donors (Lipinski definition) is 0. The number of hydrogen-bond acceptors (Lipinski definition) is 2. The summed E-state index contributed by atoms with van der Waals surface area (Å²) < 4.78 is 13.3. The average molecular weight is 189 g/mol. The number of fused-ring (bicyclic) bond motifs is 1. The highest BCUT2D eigenvalue weighted by Gasteiger charge is 2.06. The Morgan fingerprint density at radius 1 is 1.43 bits per heavy atom. The summed E-state index contributed by atoms with van der Waals surface area (Å²) in [7, 11) is 0. The van der Waals surface area contributed by atoms with Crippen molar-refractivity contribution >= 4 is 17.2 Å². The number of pyridine rings is 1. The van der Waals surface area contributed by atoms with Crippen molar-refractivity contribution in [1.29, 1.82) is 0 Å². The van der Waals surface area contributed by atoms with E-state index in [2.05, 4.69) is 4.98 Å². The molecule has 0 unspecified atom stereocenters. The molecular weight excluding hydrogens is 181 g/mol. The van der Waals surface area contributed by atoms with Gasteiger partial charge in [-0.05, 0) is 18.6 Å². The molecule has 2 nitrogen and oxygen atoms in total. The Balaban J connectivity index is 2.90. The summed E-state index contributed by atoms with van der Waals surface area (Å²) in [6.07, 6.45) is 2.13. The predicted molar refractivity (Wildman–Crippen MR) is 51.8 cm³/mol. The molecule has 2 aromatic rings.